The second kappa shape index (κ2) is 8.57. The number of likely N-dealkylation sites (tertiary alicyclic amines) is 1. The molecular formula is C26H24N2O4S. The molecule has 0 spiro atoms. The van der Waals surface area contributed by atoms with Gasteiger partial charge in [0.1, 0.15) is 0 Å². The largest absolute Gasteiger partial charge is 0.350 e. The van der Waals surface area contributed by atoms with E-state index in [0.29, 0.717) is 6.54 Å². The summed E-state index contributed by atoms with van der Waals surface area (Å²) in [6.45, 7) is 2.37. The second-order valence-electron chi connectivity index (χ2n) is 8.42. The minimum Gasteiger partial charge on any atom is -0.350 e. The van der Waals surface area contributed by atoms with Crippen molar-refractivity contribution in [3.8, 4) is 0 Å². The third kappa shape index (κ3) is 3.87. The van der Waals surface area contributed by atoms with E-state index in [1.807, 2.05) is 18.2 Å². The van der Waals surface area contributed by atoms with Gasteiger partial charge in [-0.25, -0.2) is 8.42 Å². The van der Waals surface area contributed by atoms with Gasteiger partial charge in [0, 0.05) is 23.2 Å². The Morgan fingerprint density at radius 3 is 2.30 bits per heavy atom. The van der Waals surface area contributed by atoms with Crippen molar-refractivity contribution in [3.63, 3.8) is 0 Å². The Hall–Kier alpha value is -3.29. The number of amides is 1. The van der Waals surface area contributed by atoms with Gasteiger partial charge in [0.05, 0.1) is 15.8 Å². The highest BCUT2D eigenvalue weighted by Gasteiger charge is 2.35. The van der Waals surface area contributed by atoms with Gasteiger partial charge >= 0.3 is 0 Å². The van der Waals surface area contributed by atoms with Gasteiger partial charge in [0.2, 0.25) is 9.84 Å². The van der Waals surface area contributed by atoms with Gasteiger partial charge in [0.25, 0.3) is 5.91 Å². The van der Waals surface area contributed by atoms with Crippen LogP contribution in [0, 0.1) is 0 Å². The number of nitrogens with zero attached hydrogens (tertiary/aromatic N) is 1. The monoisotopic (exact) mass is 460 g/mol. The highest BCUT2D eigenvalue weighted by atomic mass is 32.2. The van der Waals surface area contributed by atoms with Gasteiger partial charge in [-0.15, -0.1) is 0 Å². The molecule has 0 bridgehead atoms. The first-order chi connectivity index (χ1) is 16.0. The molecule has 33 heavy (non-hydrogen) atoms. The van der Waals surface area contributed by atoms with Crippen LogP contribution < -0.4 is 5.32 Å². The van der Waals surface area contributed by atoms with Crippen LogP contribution in [-0.4, -0.2) is 44.6 Å². The highest BCUT2D eigenvalue weighted by molar-refractivity contribution is 7.91. The number of nitrogens with one attached hydrogen (secondary N) is 1. The smallest absolute Gasteiger partial charge is 0.251 e. The van der Waals surface area contributed by atoms with Crippen molar-refractivity contribution in [1.82, 2.24) is 10.2 Å². The number of sulfone groups is 1. The van der Waals surface area contributed by atoms with Crippen molar-refractivity contribution in [2.45, 2.75) is 28.7 Å². The fourth-order valence-electron chi connectivity index (χ4n) is 4.70. The molecule has 1 fully saturated rings. The Bertz CT molecular complexity index is 1330. The lowest BCUT2D eigenvalue weighted by molar-refractivity contribution is 0.0936. The molecule has 1 amide bonds. The molecule has 7 heteroatoms. The molecule has 1 saturated heterocycles. The lowest BCUT2D eigenvalue weighted by atomic mass is 10.0. The molecule has 3 aromatic rings. The maximum absolute atomic E-state index is 13.2. The average molecular weight is 461 g/mol. The van der Waals surface area contributed by atoms with Crippen molar-refractivity contribution in [3.05, 3.63) is 95.1 Å². The number of rotatable bonds is 5. The van der Waals surface area contributed by atoms with E-state index in [0.717, 1.165) is 31.5 Å². The van der Waals surface area contributed by atoms with Gasteiger partial charge in [-0.1, -0.05) is 42.5 Å². The van der Waals surface area contributed by atoms with Crippen LogP contribution in [0.15, 0.2) is 82.6 Å². The van der Waals surface area contributed by atoms with Crippen LogP contribution in [-0.2, 0) is 9.84 Å². The predicted molar refractivity (Wildman–Crippen MR) is 124 cm³/mol. The van der Waals surface area contributed by atoms with Crippen LogP contribution in [0.1, 0.15) is 50.7 Å². The summed E-state index contributed by atoms with van der Waals surface area (Å²) in [5.41, 5.74) is 1.62. The zero-order valence-corrected chi connectivity index (χ0v) is 18.8. The van der Waals surface area contributed by atoms with Crippen molar-refractivity contribution in [2.75, 3.05) is 19.6 Å². The van der Waals surface area contributed by atoms with Crippen molar-refractivity contribution < 1.29 is 18.0 Å². The first kappa shape index (κ1) is 21.6. The Morgan fingerprint density at radius 2 is 1.55 bits per heavy atom. The number of benzene rings is 3. The van der Waals surface area contributed by atoms with E-state index in [1.54, 1.807) is 12.1 Å². The molecule has 2 aliphatic heterocycles. The minimum atomic E-state index is -3.89. The first-order valence-corrected chi connectivity index (χ1v) is 12.6. The molecule has 1 atom stereocenters. The summed E-state index contributed by atoms with van der Waals surface area (Å²) in [5.74, 6) is -0.708. The molecule has 0 radical (unpaired) electrons. The van der Waals surface area contributed by atoms with Crippen LogP contribution in [0.2, 0.25) is 0 Å². The molecule has 5 rings (SSSR count). The summed E-state index contributed by atoms with van der Waals surface area (Å²) in [7, 11) is -3.89. The third-order valence-electron chi connectivity index (χ3n) is 6.42. The summed E-state index contributed by atoms with van der Waals surface area (Å²) in [5, 5.41) is 2.98. The van der Waals surface area contributed by atoms with E-state index < -0.39 is 9.84 Å². The van der Waals surface area contributed by atoms with Gasteiger partial charge in [0.15, 0.2) is 5.78 Å². The molecule has 0 aliphatic carbocycles. The number of hydrogen-bond donors (Lipinski definition) is 1. The molecule has 0 aromatic heterocycles. The van der Waals surface area contributed by atoms with E-state index >= 15 is 0 Å². The van der Waals surface area contributed by atoms with Gasteiger partial charge in [-0.05, 0) is 61.8 Å². The Balaban J connectivity index is 1.41. The molecule has 3 aromatic carbocycles. The van der Waals surface area contributed by atoms with Crippen molar-refractivity contribution in [1.29, 1.82) is 0 Å². The first-order valence-electron chi connectivity index (χ1n) is 11.1. The molecule has 0 unspecified atom stereocenters. The Labute approximate surface area is 193 Å². The molecule has 6 nitrogen and oxygen atoms in total. The summed E-state index contributed by atoms with van der Waals surface area (Å²) in [4.78, 5) is 28.1. The van der Waals surface area contributed by atoms with Crippen LogP contribution in [0.4, 0.5) is 0 Å². The lowest BCUT2D eigenvalue weighted by Gasteiger charge is -2.28. The van der Waals surface area contributed by atoms with Crippen molar-refractivity contribution >= 4 is 21.5 Å². The lowest BCUT2D eigenvalue weighted by Crippen LogP contribution is -2.37. The standard InChI is InChI=1S/C26H24N2O4S/c29-25-20-10-4-5-11-23(20)33(31,32)24-16-19(12-13-21(24)25)26(30)27-17-22(28-14-6-7-15-28)18-8-2-1-3-9-18/h1-5,8-13,16,22H,6-7,14-15,17H2,(H,27,30)/t22-/m1/s1. The number of carbonyl (C=O) groups excluding carboxylic acids is 2. The maximum atomic E-state index is 13.2. The number of ketones is 1. The summed E-state index contributed by atoms with van der Waals surface area (Å²) in [6, 6.07) is 20.6. The van der Waals surface area contributed by atoms with E-state index in [-0.39, 0.29) is 44.2 Å². The summed E-state index contributed by atoms with van der Waals surface area (Å²) < 4.78 is 26.3. The summed E-state index contributed by atoms with van der Waals surface area (Å²) in [6.07, 6.45) is 2.27. The zero-order chi connectivity index (χ0) is 23.0. The SMILES string of the molecule is O=C(NC[C@H](c1ccccc1)N1CCCC1)c1ccc2c(c1)S(=O)(=O)c1ccccc1C2=O. The Morgan fingerprint density at radius 1 is 0.879 bits per heavy atom. The third-order valence-corrected chi connectivity index (χ3v) is 8.27. The molecule has 0 saturated carbocycles. The molecule has 168 valence electrons. The molecule has 2 heterocycles. The molecular weight excluding hydrogens is 436 g/mol. The van der Waals surface area contributed by atoms with E-state index in [4.69, 9.17) is 0 Å². The minimum absolute atomic E-state index is 0.0155. The summed E-state index contributed by atoms with van der Waals surface area (Å²) >= 11 is 0. The Kier molecular flexibility index (Phi) is 5.60. The van der Waals surface area contributed by atoms with E-state index in [1.165, 1.54) is 30.3 Å². The molecule has 1 N–H and O–H groups in total. The van der Waals surface area contributed by atoms with Crippen LogP contribution in [0.5, 0.6) is 0 Å². The van der Waals surface area contributed by atoms with Gasteiger partial charge in [-0.2, -0.15) is 0 Å². The second-order valence-corrected chi connectivity index (χ2v) is 10.3. The predicted octanol–water partition coefficient (Wildman–Crippen LogP) is 3.63. The highest BCUT2D eigenvalue weighted by Crippen LogP contribution is 2.34. The van der Waals surface area contributed by atoms with Gasteiger partial charge in [-0.3, -0.25) is 14.5 Å². The van der Waals surface area contributed by atoms with Crippen LogP contribution >= 0.6 is 0 Å². The zero-order valence-electron chi connectivity index (χ0n) is 18.0. The van der Waals surface area contributed by atoms with Crippen molar-refractivity contribution in [2.24, 2.45) is 0 Å². The fourth-order valence-corrected chi connectivity index (χ4v) is 6.38. The van der Waals surface area contributed by atoms with Crippen LogP contribution in [0.3, 0.4) is 0 Å². The molecule has 2 aliphatic rings. The van der Waals surface area contributed by atoms with E-state index in [9.17, 15) is 18.0 Å². The number of fused-ring (bicyclic) bond motifs is 2. The topological polar surface area (TPSA) is 83.6 Å². The maximum Gasteiger partial charge on any atom is 0.251 e. The quantitative estimate of drug-likeness (QED) is 0.492. The average Bonchev–Trinajstić information content (AvgIpc) is 3.38. The normalized spacial score (nSPS) is 17.8. The fraction of sp³-hybridized carbons (Fsp3) is 0.231. The van der Waals surface area contributed by atoms with Gasteiger partial charge < -0.3 is 5.32 Å². The number of hydrogen-bond acceptors (Lipinski definition) is 5. The van der Waals surface area contributed by atoms with Crippen LogP contribution in [0.25, 0.3) is 0 Å². The number of carbonyl (C=O) groups is 2. The van der Waals surface area contributed by atoms with E-state index in [2.05, 4.69) is 22.3 Å².